The number of aromatic nitrogens is 3. The summed E-state index contributed by atoms with van der Waals surface area (Å²) in [5, 5.41) is 11.6. The van der Waals surface area contributed by atoms with Gasteiger partial charge in [0.2, 0.25) is 0 Å². The van der Waals surface area contributed by atoms with Crippen molar-refractivity contribution in [2.75, 3.05) is 5.32 Å². The van der Waals surface area contributed by atoms with Crippen LogP contribution in [-0.2, 0) is 13.6 Å². The van der Waals surface area contributed by atoms with E-state index in [1.807, 2.05) is 18.5 Å². The van der Waals surface area contributed by atoms with E-state index in [0.29, 0.717) is 6.54 Å². The van der Waals surface area contributed by atoms with Gasteiger partial charge in [-0.15, -0.1) is 10.2 Å². The lowest BCUT2D eigenvalue weighted by Crippen LogP contribution is -2.07. The molecule has 0 aliphatic carbocycles. The van der Waals surface area contributed by atoms with Gasteiger partial charge in [-0.2, -0.15) is 0 Å². The molecule has 0 radical (unpaired) electrons. The molecule has 0 saturated carbocycles. The highest BCUT2D eigenvalue weighted by Gasteiger charge is 2.05. The highest BCUT2D eigenvalue weighted by atomic mass is 15.3. The first-order valence-electron chi connectivity index (χ1n) is 5.74. The summed E-state index contributed by atoms with van der Waals surface area (Å²) < 4.78 is 2.00. The van der Waals surface area contributed by atoms with Gasteiger partial charge in [-0.1, -0.05) is 12.1 Å². The summed E-state index contributed by atoms with van der Waals surface area (Å²) in [7, 11) is 1.98. The first kappa shape index (κ1) is 11.6. The van der Waals surface area contributed by atoms with Crippen molar-refractivity contribution in [3.05, 3.63) is 41.0 Å². The molecule has 0 atom stereocenters. The van der Waals surface area contributed by atoms with Crippen LogP contribution in [0.25, 0.3) is 0 Å². The zero-order valence-electron chi connectivity index (χ0n) is 10.8. The average Bonchev–Trinajstić information content (AvgIpc) is 2.62. The molecule has 2 rings (SSSR count). The molecule has 17 heavy (non-hydrogen) atoms. The second-order valence-electron chi connectivity index (χ2n) is 4.32. The van der Waals surface area contributed by atoms with Crippen molar-refractivity contribution >= 4 is 5.69 Å². The number of nitrogens with one attached hydrogen (secondary N) is 1. The van der Waals surface area contributed by atoms with Crippen LogP contribution >= 0.6 is 0 Å². The molecule has 0 saturated heterocycles. The Morgan fingerprint density at radius 2 is 1.94 bits per heavy atom. The van der Waals surface area contributed by atoms with Crippen LogP contribution in [0.5, 0.6) is 0 Å². The van der Waals surface area contributed by atoms with Gasteiger partial charge in [0.05, 0.1) is 6.54 Å². The standard InChI is InChI=1S/C13H18N4/c1-9-6-5-7-12(10(9)2)14-8-13-16-15-11(3)17(13)4/h5-7,14H,8H2,1-4H3. The maximum atomic E-state index is 4.13. The monoisotopic (exact) mass is 230 g/mol. The molecular weight excluding hydrogens is 212 g/mol. The third-order valence-electron chi connectivity index (χ3n) is 3.22. The van der Waals surface area contributed by atoms with Gasteiger partial charge < -0.3 is 9.88 Å². The van der Waals surface area contributed by atoms with Crippen LogP contribution in [0.15, 0.2) is 18.2 Å². The molecule has 0 amide bonds. The molecule has 1 aromatic carbocycles. The van der Waals surface area contributed by atoms with E-state index in [1.54, 1.807) is 0 Å². The Labute approximate surface area is 102 Å². The fourth-order valence-electron chi connectivity index (χ4n) is 1.72. The second kappa shape index (κ2) is 4.57. The van der Waals surface area contributed by atoms with E-state index < -0.39 is 0 Å². The van der Waals surface area contributed by atoms with E-state index in [9.17, 15) is 0 Å². The van der Waals surface area contributed by atoms with Gasteiger partial charge >= 0.3 is 0 Å². The minimum Gasteiger partial charge on any atom is -0.378 e. The first-order valence-corrected chi connectivity index (χ1v) is 5.74. The van der Waals surface area contributed by atoms with Crippen molar-refractivity contribution in [1.29, 1.82) is 0 Å². The first-order chi connectivity index (χ1) is 8.09. The topological polar surface area (TPSA) is 42.7 Å². The van der Waals surface area contributed by atoms with Crippen molar-refractivity contribution in [3.8, 4) is 0 Å². The third-order valence-corrected chi connectivity index (χ3v) is 3.22. The molecule has 0 fully saturated rings. The Hall–Kier alpha value is -1.84. The Morgan fingerprint density at radius 3 is 2.59 bits per heavy atom. The van der Waals surface area contributed by atoms with Crippen molar-refractivity contribution in [2.24, 2.45) is 7.05 Å². The zero-order chi connectivity index (χ0) is 12.4. The van der Waals surface area contributed by atoms with Gasteiger partial charge in [0.25, 0.3) is 0 Å². The quantitative estimate of drug-likeness (QED) is 0.880. The van der Waals surface area contributed by atoms with Crippen LogP contribution in [0, 0.1) is 20.8 Å². The number of benzene rings is 1. The van der Waals surface area contributed by atoms with E-state index in [0.717, 1.165) is 17.3 Å². The average molecular weight is 230 g/mol. The Kier molecular flexibility index (Phi) is 3.13. The van der Waals surface area contributed by atoms with Crippen molar-refractivity contribution in [1.82, 2.24) is 14.8 Å². The number of nitrogens with zero attached hydrogens (tertiary/aromatic N) is 3. The van der Waals surface area contributed by atoms with Crippen molar-refractivity contribution in [2.45, 2.75) is 27.3 Å². The van der Waals surface area contributed by atoms with Gasteiger partial charge in [0.15, 0.2) is 5.82 Å². The minimum absolute atomic E-state index is 0.696. The lowest BCUT2D eigenvalue weighted by atomic mass is 10.1. The lowest BCUT2D eigenvalue weighted by molar-refractivity contribution is 0.789. The van der Waals surface area contributed by atoms with Gasteiger partial charge in [0, 0.05) is 12.7 Å². The summed E-state index contributed by atoms with van der Waals surface area (Å²) in [6.07, 6.45) is 0. The number of anilines is 1. The van der Waals surface area contributed by atoms with Gasteiger partial charge in [0.1, 0.15) is 5.82 Å². The maximum Gasteiger partial charge on any atom is 0.152 e. The summed E-state index contributed by atoms with van der Waals surface area (Å²) in [6, 6.07) is 6.27. The Morgan fingerprint density at radius 1 is 1.18 bits per heavy atom. The molecule has 1 aromatic heterocycles. The highest BCUT2D eigenvalue weighted by molar-refractivity contribution is 5.53. The van der Waals surface area contributed by atoms with E-state index in [-0.39, 0.29) is 0 Å². The smallest absolute Gasteiger partial charge is 0.152 e. The van der Waals surface area contributed by atoms with Crippen LogP contribution in [0.3, 0.4) is 0 Å². The summed E-state index contributed by atoms with van der Waals surface area (Å²) >= 11 is 0. The predicted molar refractivity (Wildman–Crippen MR) is 69.0 cm³/mol. The van der Waals surface area contributed by atoms with Gasteiger partial charge in [-0.3, -0.25) is 0 Å². The molecule has 2 aromatic rings. The number of aryl methyl sites for hydroxylation is 2. The number of rotatable bonds is 3. The molecule has 1 N–H and O–H groups in total. The Bertz CT molecular complexity index is 528. The maximum absolute atomic E-state index is 4.13. The minimum atomic E-state index is 0.696. The molecule has 4 nitrogen and oxygen atoms in total. The van der Waals surface area contributed by atoms with E-state index >= 15 is 0 Å². The van der Waals surface area contributed by atoms with E-state index in [1.165, 1.54) is 11.1 Å². The highest BCUT2D eigenvalue weighted by Crippen LogP contribution is 2.18. The molecule has 0 spiro atoms. The van der Waals surface area contributed by atoms with Crippen molar-refractivity contribution in [3.63, 3.8) is 0 Å². The predicted octanol–water partition coefficient (Wildman–Crippen LogP) is 2.35. The molecule has 0 aliphatic heterocycles. The number of hydrogen-bond donors (Lipinski definition) is 1. The molecular formula is C13H18N4. The summed E-state index contributed by atoms with van der Waals surface area (Å²) in [5.41, 5.74) is 3.74. The lowest BCUT2D eigenvalue weighted by Gasteiger charge is -2.10. The van der Waals surface area contributed by atoms with Gasteiger partial charge in [-0.25, -0.2) is 0 Å². The second-order valence-corrected chi connectivity index (χ2v) is 4.32. The fourth-order valence-corrected chi connectivity index (χ4v) is 1.72. The molecule has 90 valence electrons. The van der Waals surface area contributed by atoms with Gasteiger partial charge in [-0.05, 0) is 38.0 Å². The van der Waals surface area contributed by atoms with Crippen LogP contribution in [0.1, 0.15) is 22.8 Å². The normalized spacial score (nSPS) is 10.6. The zero-order valence-corrected chi connectivity index (χ0v) is 10.8. The third kappa shape index (κ3) is 2.30. The van der Waals surface area contributed by atoms with Crippen LogP contribution < -0.4 is 5.32 Å². The van der Waals surface area contributed by atoms with Crippen LogP contribution in [-0.4, -0.2) is 14.8 Å². The summed E-state index contributed by atoms with van der Waals surface area (Å²) in [4.78, 5) is 0. The largest absolute Gasteiger partial charge is 0.378 e. The van der Waals surface area contributed by atoms with Crippen LogP contribution in [0.2, 0.25) is 0 Å². The molecule has 0 aliphatic rings. The molecule has 1 heterocycles. The van der Waals surface area contributed by atoms with Crippen molar-refractivity contribution < 1.29 is 0 Å². The van der Waals surface area contributed by atoms with E-state index in [4.69, 9.17) is 0 Å². The number of hydrogen-bond acceptors (Lipinski definition) is 3. The fraction of sp³-hybridized carbons (Fsp3) is 0.385. The molecule has 0 bridgehead atoms. The van der Waals surface area contributed by atoms with Crippen LogP contribution in [0.4, 0.5) is 5.69 Å². The Balaban J connectivity index is 2.13. The molecule has 0 unspecified atom stereocenters. The van der Waals surface area contributed by atoms with E-state index in [2.05, 4.69) is 47.6 Å². The summed E-state index contributed by atoms with van der Waals surface area (Å²) in [5.74, 6) is 1.88. The molecule has 4 heteroatoms. The summed E-state index contributed by atoms with van der Waals surface area (Å²) in [6.45, 7) is 6.89. The SMILES string of the molecule is Cc1cccc(NCc2nnc(C)n2C)c1C.